The van der Waals surface area contributed by atoms with Crippen LogP contribution in [0.25, 0.3) is 0 Å². The van der Waals surface area contributed by atoms with Crippen molar-refractivity contribution < 1.29 is 13.5 Å². The van der Waals surface area contributed by atoms with Gasteiger partial charge in [-0.15, -0.1) is 0 Å². The molecule has 1 aliphatic heterocycles. The summed E-state index contributed by atoms with van der Waals surface area (Å²) in [5.74, 6) is -0.122. The molecule has 0 amide bonds. The lowest BCUT2D eigenvalue weighted by molar-refractivity contribution is 0.166. The molecule has 0 bridgehead atoms. The highest BCUT2D eigenvalue weighted by Crippen LogP contribution is 2.12. The summed E-state index contributed by atoms with van der Waals surface area (Å²) in [6.07, 6.45) is -0.798. The summed E-state index contributed by atoms with van der Waals surface area (Å²) in [5, 5.41) is 16.6. The van der Waals surface area contributed by atoms with Gasteiger partial charge >= 0.3 is 0 Å². The number of rotatable bonds is 6. The van der Waals surface area contributed by atoms with Gasteiger partial charge < -0.3 is 15.7 Å². The minimum absolute atomic E-state index is 0.0163. The number of hydrogen-bond donors (Lipinski definition) is 3. The molecule has 7 heteroatoms. The average Bonchev–Trinajstić information content (AvgIpc) is 2.62. The van der Waals surface area contributed by atoms with Crippen molar-refractivity contribution >= 4 is 21.4 Å². The minimum atomic E-state index is -3.08. The van der Waals surface area contributed by atoms with Gasteiger partial charge in [-0.2, -0.15) is 0 Å². The van der Waals surface area contributed by atoms with Gasteiger partial charge in [0.25, 0.3) is 0 Å². The van der Waals surface area contributed by atoms with E-state index in [-0.39, 0.29) is 17.5 Å². The van der Waals surface area contributed by atoms with E-state index in [2.05, 4.69) is 10.6 Å². The molecule has 0 aromatic heterocycles. The fourth-order valence-corrected chi connectivity index (χ4v) is 4.24. The molecule has 1 heterocycles. The van der Waals surface area contributed by atoms with E-state index in [1.54, 1.807) is 0 Å². The predicted octanol–water partition coefficient (Wildman–Crippen LogP) is 0.177. The van der Waals surface area contributed by atoms with Gasteiger partial charge in [0.1, 0.15) is 0 Å². The molecule has 0 saturated carbocycles. The molecule has 0 spiro atoms. The highest BCUT2D eigenvalue weighted by Gasteiger charge is 2.35. The first kappa shape index (κ1) is 15.7. The van der Waals surface area contributed by atoms with Gasteiger partial charge in [0.15, 0.2) is 9.84 Å². The van der Waals surface area contributed by atoms with Gasteiger partial charge in [0, 0.05) is 30.7 Å². The van der Waals surface area contributed by atoms with Gasteiger partial charge in [-0.3, -0.25) is 0 Å². The largest absolute Gasteiger partial charge is 0.390 e. The maximum Gasteiger partial charge on any atom is 0.154 e. The van der Waals surface area contributed by atoms with Crippen LogP contribution in [0.1, 0.15) is 5.56 Å². The van der Waals surface area contributed by atoms with Gasteiger partial charge in [0.2, 0.25) is 0 Å². The summed E-state index contributed by atoms with van der Waals surface area (Å²) in [4.78, 5) is 0. The van der Waals surface area contributed by atoms with E-state index in [4.69, 9.17) is 11.6 Å². The Balaban J connectivity index is 1.65. The van der Waals surface area contributed by atoms with E-state index >= 15 is 0 Å². The third-order valence-corrected chi connectivity index (χ3v) is 5.20. The molecule has 1 saturated heterocycles. The second kappa shape index (κ2) is 6.87. The number of sulfone groups is 1. The van der Waals surface area contributed by atoms with Crippen molar-refractivity contribution in [1.29, 1.82) is 0 Å². The Labute approximate surface area is 124 Å². The third kappa shape index (κ3) is 4.71. The predicted molar refractivity (Wildman–Crippen MR) is 79.6 cm³/mol. The summed E-state index contributed by atoms with van der Waals surface area (Å²) in [6, 6.07) is 7.26. The molecule has 3 N–H and O–H groups in total. The number of aliphatic hydroxyl groups is 1. The summed E-state index contributed by atoms with van der Waals surface area (Å²) < 4.78 is 22.7. The zero-order valence-electron chi connectivity index (χ0n) is 11.0. The maximum atomic E-state index is 11.3. The molecule has 0 unspecified atom stereocenters. The molecule has 1 aliphatic rings. The molecular formula is C13H19ClN2O3S. The third-order valence-electron chi connectivity index (χ3n) is 3.25. The number of aliphatic hydroxyl groups excluding tert-OH is 1. The zero-order chi connectivity index (χ0) is 14.6. The molecule has 5 nitrogen and oxygen atoms in total. The summed E-state index contributed by atoms with van der Waals surface area (Å²) in [5.41, 5.74) is 1.10. The Kier molecular flexibility index (Phi) is 5.40. The highest BCUT2D eigenvalue weighted by molar-refractivity contribution is 7.91. The smallest absolute Gasteiger partial charge is 0.154 e. The molecule has 0 aliphatic carbocycles. The fraction of sp³-hybridized carbons (Fsp3) is 0.538. The Morgan fingerprint density at radius 1 is 1.30 bits per heavy atom. The summed E-state index contributed by atoms with van der Waals surface area (Å²) in [7, 11) is -3.08. The lowest BCUT2D eigenvalue weighted by atomic mass is 10.2. The Hall–Kier alpha value is -0.660. The van der Waals surface area contributed by atoms with Gasteiger partial charge in [-0.1, -0.05) is 23.7 Å². The Morgan fingerprint density at radius 3 is 2.75 bits per heavy atom. The second-order valence-corrected chi connectivity index (χ2v) is 7.60. The average molecular weight is 319 g/mol. The topological polar surface area (TPSA) is 78.4 Å². The molecular weight excluding hydrogens is 300 g/mol. The van der Waals surface area contributed by atoms with Crippen LogP contribution in [0, 0.1) is 0 Å². The van der Waals surface area contributed by atoms with Crippen LogP contribution in [0.15, 0.2) is 24.3 Å². The van der Waals surface area contributed by atoms with Crippen molar-refractivity contribution in [1.82, 2.24) is 10.6 Å². The van der Waals surface area contributed by atoms with Crippen LogP contribution < -0.4 is 10.6 Å². The van der Waals surface area contributed by atoms with Crippen LogP contribution in [0.3, 0.4) is 0 Å². The van der Waals surface area contributed by atoms with E-state index in [1.165, 1.54) is 0 Å². The Bertz CT molecular complexity index is 550. The number of nitrogens with one attached hydrogen (secondary N) is 2. The van der Waals surface area contributed by atoms with Crippen LogP contribution in [-0.4, -0.2) is 50.3 Å². The minimum Gasteiger partial charge on any atom is -0.390 e. The normalized spacial score (nSPS) is 24.9. The highest BCUT2D eigenvalue weighted by atomic mass is 35.5. The molecule has 20 heavy (non-hydrogen) atoms. The Morgan fingerprint density at radius 2 is 2.10 bits per heavy atom. The molecule has 112 valence electrons. The molecule has 0 radical (unpaired) electrons. The SMILES string of the molecule is O=S1(=O)C[C@@H](O)[C@@H](NCCNCc2cccc(Cl)c2)C1. The molecule has 2 atom stereocenters. The van der Waals surface area contributed by atoms with Crippen LogP contribution >= 0.6 is 11.6 Å². The van der Waals surface area contributed by atoms with Gasteiger partial charge in [-0.05, 0) is 17.7 Å². The first-order chi connectivity index (χ1) is 9.46. The van der Waals surface area contributed by atoms with E-state index in [0.29, 0.717) is 24.7 Å². The molecule has 2 rings (SSSR count). The molecule has 1 aromatic rings. The van der Waals surface area contributed by atoms with Crippen LogP contribution in [0.4, 0.5) is 0 Å². The molecule has 1 fully saturated rings. The van der Waals surface area contributed by atoms with Crippen LogP contribution in [0.5, 0.6) is 0 Å². The quantitative estimate of drug-likeness (QED) is 0.652. The second-order valence-electron chi connectivity index (χ2n) is 5.01. The lowest BCUT2D eigenvalue weighted by Crippen LogP contribution is -2.42. The lowest BCUT2D eigenvalue weighted by Gasteiger charge is -2.15. The van der Waals surface area contributed by atoms with E-state index in [9.17, 15) is 13.5 Å². The number of halogens is 1. The standard InChI is InChI=1S/C13H19ClN2O3S/c14-11-3-1-2-10(6-11)7-15-4-5-16-12-8-20(18,19)9-13(12)17/h1-3,6,12-13,15-17H,4-5,7-9H2/t12-,13+/m0/s1. The monoisotopic (exact) mass is 318 g/mol. The van der Waals surface area contributed by atoms with E-state index in [1.807, 2.05) is 24.3 Å². The van der Waals surface area contributed by atoms with Crippen molar-refractivity contribution in [2.45, 2.75) is 18.7 Å². The van der Waals surface area contributed by atoms with Crippen molar-refractivity contribution in [3.63, 3.8) is 0 Å². The summed E-state index contributed by atoms with van der Waals surface area (Å²) >= 11 is 5.89. The van der Waals surface area contributed by atoms with E-state index in [0.717, 1.165) is 5.56 Å². The van der Waals surface area contributed by atoms with Crippen molar-refractivity contribution in [2.24, 2.45) is 0 Å². The number of hydrogen-bond acceptors (Lipinski definition) is 5. The summed E-state index contributed by atoms with van der Waals surface area (Å²) in [6.45, 7) is 2.00. The first-order valence-electron chi connectivity index (χ1n) is 6.53. The van der Waals surface area contributed by atoms with Crippen molar-refractivity contribution in [2.75, 3.05) is 24.6 Å². The maximum absolute atomic E-state index is 11.3. The van der Waals surface area contributed by atoms with Crippen molar-refractivity contribution in [3.8, 4) is 0 Å². The first-order valence-corrected chi connectivity index (χ1v) is 8.73. The van der Waals surface area contributed by atoms with Gasteiger partial charge in [0.05, 0.1) is 17.6 Å². The zero-order valence-corrected chi connectivity index (χ0v) is 12.6. The van der Waals surface area contributed by atoms with Gasteiger partial charge in [-0.25, -0.2) is 8.42 Å². The van der Waals surface area contributed by atoms with Crippen LogP contribution in [0.2, 0.25) is 5.02 Å². The fourth-order valence-electron chi connectivity index (χ4n) is 2.25. The van der Waals surface area contributed by atoms with Crippen LogP contribution in [-0.2, 0) is 16.4 Å². The van der Waals surface area contributed by atoms with E-state index < -0.39 is 15.9 Å². The van der Waals surface area contributed by atoms with Crippen molar-refractivity contribution in [3.05, 3.63) is 34.9 Å². The molecule has 1 aromatic carbocycles. The number of benzene rings is 1.